The fourth-order valence-corrected chi connectivity index (χ4v) is 5.15. The van der Waals surface area contributed by atoms with Crippen LogP contribution in [0.3, 0.4) is 0 Å². The number of amidine groups is 1. The Bertz CT molecular complexity index is 1390. The molecule has 4 heterocycles. The lowest BCUT2D eigenvalue weighted by atomic mass is 10.1. The van der Waals surface area contributed by atoms with Crippen LogP contribution >= 0.6 is 0 Å². The Hall–Kier alpha value is -4.31. The van der Waals surface area contributed by atoms with Gasteiger partial charge in [-0.1, -0.05) is 6.07 Å². The van der Waals surface area contributed by atoms with Crippen LogP contribution in [-0.4, -0.2) is 90.3 Å². The predicted molar refractivity (Wildman–Crippen MR) is 145 cm³/mol. The lowest BCUT2D eigenvalue weighted by molar-refractivity contribution is -0.165. The van der Waals surface area contributed by atoms with Gasteiger partial charge in [-0.3, -0.25) is 4.79 Å². The number of aromatic nitrogens is 1. The Labute approximate surface area is 246 Å². The summed E-state index contributed by atoms with van der Waals surface area (Å²) >= 11 is 0. The largest absolute Gasteiger partial charge is 0.449 e. The van der Waals surface area contributed by atoms with E-state index in [0.717, 1.165) is 31.4 Å². The number of hydrogen-bond acceptors (Lipinski definition) is 7. The third-order valence-corrected chi connectivity index (χ3v) is 7.45. The van der Waals surface area contributed by atoms with Crippen molar-refractivity contribution in [3.8, 4) is 0 Å². The van der Waals surface area contributed by atoms with Crippen molar-refractivity contribution in [2.24, 2.45) is 4.99 Å². The van der Waals surface area contributed by atoms with Gasteiger partial charge in [-0.05, 0) is 43.5 Å². The number of pyridine rings is 1. The maximum atomic E-state index is 14.1. The van der Waals surface area contributed by atoms with Crippen molar-refractivity contribution in [1.82, 2.24) is 14.8 Å². The van der Waals surface area contributed by atoms with Crippen LogP contribution in [0.4, 0.5) is 52.7 Å². The van der Waals surface area contributed by atoms with Crippen LogP contribution in [0.2, 0.25) is 0 Å². The molecule has 5 rings (SSSR count). The van der Waals surface area contributed by atoms with E-state index in [0.29, 0.717) is 25.0 Å². The average Bonchev–Trinajstić information content (AvgIpc) is 3.46. The van der Waals surface area contributed by atoms with Crippen molar-refractivity contribution in [3.05, 3.63) is 47.9 Å². The summed E-state index contributed by atoms with van der Waals surface area (Å²) in [6, 6.07) is 1.92. The van der Waals surface area contributed by atoms with Gasteiger partial charge in [0.1, 0.15) is 11.6 Å². The minimum absolute atomic E-state index is 0.0823. The number of carbonyl (C=O) groups is 2. The predicted octanol–water partition coefficient (Wildman–Crippen LogP) is 4.70. The highest BCUT2D eigenvalue weighted by Crippen LogP contribution is 2.36. The minimum atomic E-state index is -4.87. The number of likely N-dealkylation sites (tertiary alicyclic amines) is 1. The number of para-hydroxylation sites is 1. The molecule has 2 fully saturated rings. The zero-order valence-corrected chi connectivity index (χ0v) is 23.1. The molecule has 0 radical (unpaired) electrons. The molecule has 3 amide bonds. The van der Waals surface area contributed by atoms with E-state index >= 15 is 0 Å². The molecule has 17 heteroatoms. The van der Waals surface area contributed by atoms with Crippen molar-refractivity contribution in [1.29, 1.82) is 0 Å². The quantitative estimate of drug-likeness (QED) is 0.475. The molecule has 1 aromatic carbocycles. The zero-order chi connectivity index (χ0) is 31.6. The maximum Gasteiger partial charge on any atom is 0.418 e. The Morgan fingerprint density at radius 2 is 1.57 bits per heavy atom. The van der Waals surface area contributed by atoms with Crippen molar-refractivity contribution in [3.63, 3.8) is 0 Å². The number of piperidine rings is 1. The van der Waals surface area contributed by atoms with Gasteiger partial charge in [0.05, 0.1) is 23.1 Å². The van der Waals surface area contributed by atoms with Crippen LogP contribution in [0, 0.1) is 5.82 Å². The third kappa shape index (κ3) is 6.91. The average molecular weight is 632 g/mol. The molecule has 1 aromatic heterocycles. The summed E-state index contributed by atoms with van der Waals surface area (Å²) in [6.45, 7) is 1.61. The fraction of sp³-hybridized carbons (Fsp3) is 0.481. The van der Waals surface area contributed by atoms with Crippen LogP contribution in [0.25, 0.3) is 0 Å². The van der Waals surface area contributed by atoms with Crippen LogP contribution in [-0.2, 0) is 15.7 Å². The monoisotopic (exact) mass is 631 g/mol. The van der Waals surface area contributed by atoms with Crippen LogP contribution in [0.15, 0.2) is 41.5 Å². The van der Waals surface area contributed by atoms with Gasteiger partial charge >= 0.3 is 18.4 Å². The molecule has 3 aliphatic heterocycles. The second kappa shape index (κ2) is 12.4. The molecule has 0 bridgehead atoms. The number of nitrogens with one attached hydrogen (secondary N) is 2. The first kappa shape index (κ1) is 31.1. The van der Waals surface area contributed by atoms with Crippen molar-refractivity contribution in [2.45, 2.75) is 43.8 Å². The molecule has 0 saturated carbocycles. The molecule has 44 heavy (non-hydrogen) atoms. The topological polar surface area (TPSA) is 102 Å². The Morgan fingerprint density at radius 1 is 0.864 bits per heavy atom. The summed E-state index contributed by atoms with van der Waals surface area (Å²) in [5, 5.41) is 4.41. The first-order valence-corrected chi connectivity index (χ1v) is 13.8. The van der Waals surface area contributed by atoms with Gasteiger partial charge in [0.15, 0.2) is 6.04 Å². The van der Waals surface area contributed by atoms with E-state index in [2.05, 4.69) is 15.3 Å². The third-order valence-electron chi connectivity index (χ3n) is 7.45. The van der Waals surface area contributed by atoms with Gasteiger partial charge in [-0.25, -0.2) is 19.2 Å². The highest BCUT2D eigenvalue weighted by Gasteiger charge is 2.54. The standard InChI is InChI=1S/C27H28F7N7O3/c28-18-6-4-5-17(26(29,30)31)20(18)37-24(43)40-13-11-39(12-14-40)19-8-7-16(15-35-19)36-23(42)21-22(27(32,33)34)38-25(44-21)41-9-2-1-3-10-41/h4-8,15,21-22H,1-3,9-14H2,(H,36,42)(H,37,43). The van der Waals surface area contributed by atoms with E-state index in [4.69, 9.17) is 4.74 Å². The molecular weight excluding hydrogens is 603 g/mol. The van der Waals surface area contributed by atoms with E-state index in [1.165, 1.54) is 23.2 Å². The molecule has 2 N–H and O–H groups in total. The van der Waals surface area contributed by atoms with Crippen molar-refractivity contribution < 1.29 is 45.1 Å². The van der Waals surface area contributed by atoms with E-state index in [9.17, 15) is 40.3 Å². The van der Waals surface area contributed by atoms with Crippen LogP contribution in [0.5, 0.6) is 0 Å². The lowest BCUT2D eigenvalue weighted by Gasteiger charge is -2.35. The molecule has 2 aromatic rings. The Balaban J connectivity index is 1.16. The summed E-state index contributed by atoms with van der Waals surface area (Å²) in [4.78, 5) is 37.9. The first-order valence-electron chi connectivity index (χ1n) is 13.8. The van der Waals surface area contributed by atoms with Gasteiger partial charge in [-0.2, -0.15) is 26.3 Å². The summed E-state index contributed by atoms with van der Waals surface area (Å²) in [7, 11) is 0. The summed E-state index contributed by atoms with van der Waals surface area (Å²) in [6.07, 6.45) is -7.79. The van der Waals surface area contributed by atoms with E-state index in [1.54, 1.807) is 9.80 Å². The number of alkyl halides is 6. The van der Waals surface area contributed by atoms with Crippen molar-refractivity contribution in [2.75, 3.05) is 54.8 Å². The molecule has 10 nitrogen and oxygen atoms in total. The van der Waals surface area contributed by atoms with E-state index < -0.39 is 53.5 Å². The molecule has 3 aliphatic rings. The smallest absolute Gasteiger partial charge is 0.418 e. The number of rotatable bonds is 4. The maximum absolute atomic E-state index is 14.1. The summed E-state index contributed by atoms with van der Waals surface area (Å²) in [5.41, 5.74) is -2.13. The minimum Gasteiger partial charge on any atom is -0.449 e. The fourth-order valence-electron chi connectivity index (χ4n) is 5.15. The number of anilines is 3. The summed E-state index contributed by atoms with van der Waals surface area (Å²) < 4.78 is 100. The zero-order valence-electron chi connectivity index (χ0n) is 23.1. The van der Waals surface area contributed by atoms with Crippen LogP contribution in [0.1, 0.15) is 24.8 Å². The summed E-state index contributed by atoms with van der Waals surface area (Å²) in [5.74, 6) is -1.81. The van der Waals surface area contributed by atoms with Gasteiger partial charge < -0.3 is 30.1 Å². The second-order valence-corrected chi connectivity index (χ2v) is 10.4. The molecule has 0 spiro atoms. The van der Waals surface area contributed by atoms with E-state index in [1.807, 2.05) is 5.32 Å². The SMILES string of the molecule is O=C(Nc1ccc(N2CCN(C(=O)Nc3c(F)cccc3C(F)(F)F)CC2)nc1)C1OC(N2CCCCC2)=NC1C(F)(F)F. The van der Waals surface area contributed by atoms with Gasteiger partial charge in [-0.15, -0.1) is 0 Å². The first-order chi connectivity index (χ1) is 20.8. The number of amides is 3. The van der Waals surface area contributed by atoms with Crippen molar-refractivity contribution >= 4 is 35.2 Å². The number of nitrogens with zero attached hydrogens (tertiary/aromatic N) is 5. The number of halogens is 7. The molecule has 2 atom stereocenters. The van der Waals surface area contributed by atoms with Crippen LogP contribution < -0.4 is 15.5 Å². The van der Waals surface area contributed by atoms with Gasteiger partial charge in [0.25, 0.3) is 11.9 Å². The molecular formula is C27H28F7N7O3. The number of carbonyl (C=O) groups excluding carboxylic acids is 2. The van der Waals surface area contributed by atoms with Gasteiger partial charge in [0, 0.05) is 39.3 Å². The molecule has 0 aliphatic carbocycles. The number of ether oxygens (including phenoxy) is 1. The lowest BCUT2D eigenvalue weighted by Crippen LogP contribution is -2.50. The normalized spacial score (nSPS) is 21.1. The molecule has 238 valence electrons. The number of aliphatic imine (C=N–C) groups is 1. The number of hydrogen-bond donors (Lipinski definition) is 2. The number of benzene rings is 1. The number of urea groups is 1. The second-order valence-electron chi connectivity index (χ2n) is 10.4. The number of piperazine rings is 1. The Kier molecular flexibility index (Phi) is 8.74. The highest BCUT2D eigenvalue weighted by molar-refractivity contribution is 5.97. The highest BCUT2D eigenvalue weighted by atomic mass is 19.4. The van der Waals surface area contributed by atoms with E-state index in [-0.39, 0.29) is 37.9 Å². The molecule has 2 saturated heterocycles. The molecule has 2 unspecified atom stereocenters. The Morgan fingerprint density at radius 3 is 2.18 bits per heavy atom. The van der Waals surface area contributed by atoms with Gasteiger partial charge in [0.2, 0.25) is 6.10 Å².